The maximum absolute atomic E-state index is 12.2. The highest BCUT2D eigenvalue weighted by atomic mass is 79.9. The van der Waals surface area contributed by atoms with Gasteiger partial charge < -0.3 is 9.64 Å². The van der Waals surface area contributed by atoms with E-state index in [9.17, 15) is 14.4 Å². The minimum atomic E-state index is -0.598. The summed E-state index contributed by atoms with van der Waals surface area (Å²) in [5.74, 6) is -1.61. The number of carbonyl (C=O) groups excluding carboxylic acids is 3. The lowest BCUT2D eigenvalue weighted by Crippen LogP contribution is -2.27. The first-order valence-corrected chi connectivity index (χ1v) is 9.12. The highest BCUT2D eigenvalue weighted by Gasteiger charge is 2.36. The van der Waals surface area contributed by atoms with E-state index in [1.54, 1.807) is 48.5 Å². The topological polar surface area (TPSA) is 63.7 Å². The maximum Gasteiger partial charge on any atom is 0.311 e. The number of Topliss-reactive ketones (excluding diaryl/α,β-unsaturated/α-hetero) is 1. The molecule has 5 nitrogen and oxygen atoms in total. The lowest BCUT2D eigenvalue weighted by Gasteiger charge is -2.16. The van der Waals surface area contributed by atoms with Gasteiger partial charge in [-0.3, -0.25) is 14.4 Å². The van der Waals surface area contributed by atoms with E-state index < -0.39 is 11.9 Å². The number of hydrogen-bond acceptors (Lipinski definition) is 4. The third kappa shape index (κ3) is 4.31. The molecule has 0 radical (unpaired) electrons. The molecule has 1 atom stereocenters. The predicted molar refractivity (Wildman–Crippen MR) is 101 cm³/mol. The van der Waals surface area contributed by atoms with Crippen LogP contribution in [0.5, 0.6) is 0 Å². The lowest BCUT2D eigenvalue weighted by molar-refractivity contribution is -0.147. The fraction of sp³-hybridized carbons (Fsp3) is 0.211. The molecule has 1 saturated heterocycles. The Hall–Kier alpha value is -2.18. The number of benzene rings is 2. The number of amides is 1. The minimum absolute atomic E-state index is 0.0534. The van der Waals surface area contributed by atoms with E-state index in [-0.39, 0.29) is 31.3 Å². The molecule has 2 aromatic rings. The molecule has 0 aromatic heterocycles. The summed E-state index contributed by atoms with van der Waals surface area (Å²) in [7, 11) is 0. The van der Waals surface area contributed by atoms with Crippen LogP contribution >= 0.6 is 27.5 Å². The molecule has 2 aromatic carbocycles. The average molecular weight is 437 g/mol. The summed E-state index contributed by atoms with van der Waals surface area (Å²) >= 11 is 9.25. The first kappa shape index (κ1) is 18.6. The number of rotatable bonds is 5. The van der Waals surface area contributed by atoms with E-state index in [1.807, 2.05) is 0 Å². The highest BCUT2D eigenvalue weighted by molar-refractivity contribution is 9.10. The Bertz CT molecular complexity index is 853. The van der Waals surface area contributed by atoms with Gasteiger partial charge in [-0.1, -0.05) is 45.7 Å². The molecule has 0 aliphatic carbocycles. The standard InChI is InChI=1S/C19H15BrClNO4/c20-14-6-4-12(5-7-14)17(23)11-26-19(25)13-8-18(24)22(10-13)16-3-1-2-15(21)9-16/h1-7,9,13H,8,10-11H2/t13-/m0/s1. The maximum atomic E-state index is 12.2. The normalized spacial score (nSPS) is 16.6. The lowest BCUT2D eigenvalue weighted by atomic mass is 10.1. The fourth-order valence-corrected chi connectivity index (χ4v) is 3.18. The molecular weight excluding hydrogens is 422 g/mol. The van der Waals surface area contributed by atoms with Gasteiger partial charge in [0.05, 0.1) is 5.92 Å². The van der Waals surface area contributed by atoms with E-state index in [2.05, 4.69) is 15.9 Å². The number of ether oxygens (including phenoxy) is 1. The number of ketones is 1. The largest absolute Gasteiger partial charge is 0.457 e. The second-order valence-corrected chi connectivity index (χ2v) is 7.28. The van der Waals surface area contributed by atoms with Crippen LogP contribution in [0.4, 0.5) is 5.69 Å². The van der Waals surface area contributed by atoms with E-state index in [1.165, 1.54) is 4.90 Å². The number of halogens is 2. The van der Waals surface area contributed by atoms with E-state index >= 15 is 0 Å². The minimum Gasteiger partial charge on any atom is -0.457 e. The first-order chi connectivity index (χ1) is 12.4. The molecule has 0 unspecified atom stereocenters. The van der Waals surface area contributed by atoms with Crippen LogP contribution < -0.4 is 4.90 Å². The number of carbonyl (C=O) groups is 3. The molecule has 134 valence electrons. The van der Waals surface area contributed by atoms with Crippen LogP contribution in [0.15, 0.2) is 53.0 Å². The number of nitrogens with zero attached hydrogens (tertiary/aromatic N) is 1. The Morgan fingerprint density at radius 2 is 1.92 bits per heavy atom. The Balaban J connectivity index is 1.58. The molecule has 1 amide bonds. The summed E-state index contributed by atoms with van der Waals surface area (Å²) in [4.78, 5) is 38.0. The summed E-state index contributed by atoms with van der Waals surface area (Å²) in [5, 5.41) is 0.515. The van der Waals surface area contributed by atoms with E-state index in [0.29, 0.717) is 16.3 Å². The zero-order valence-corrected chi connectivity index (χ0v) is 16.0. The van der Waals surface area contributed by atoms with E-state index in [4.69, 9.17) is 16.3 Å². The van der Waals surface area contributed by atoms with Crippen molar-refractivity contribution in [3.8, 4) is 0 Å². The molecule has 0 spiro atoms. The van der Waals surface area contributed by atoms with Crippen LogP contribution in [0, 0.1) is 5.92 Å². The van der Waals surface area contributed by atoms with Crippen molar-refractivity contribution in [1.29, 1.82) is 0 Å². The summed E-state index contributed by atoms with van der Waals surface area (Å²) in [5.41, 5.74) is 1.10. The van der Waals surface area contributed by atoms with Gasteiger partial charge in [0.1, 0.15) is 0 Å². The molecule has 3 rings (SSSR count). The van der Waals surface area contributed by atoms with Crippen LogP contribution in [-0.4, -0.2) is 30.8 Å². The molecule has 1 aliphatic rings. The van der Waals surface area contributed by atoms with Crippen LogP contribution in [-0.2, 0) is 14.3 Å². The van der Waals surface area contributed by atoms with Gasteiger partial charge in [0.2, 0.25) is 5.91 Å². The van der Waals surface area contributed by atoms with Gasteiger partial charge >= 0.3 is 5.97 Å². The van der Waals surface area contributed by atoms with Crippen molar-refractivity contribution in [2.45, 2.75) is 6.42 Å². The summed E-state index contributed by atoms with van der Waals surface area (Å²) in [6, 6.07) is 13.7. The van der Waals surface area contributed by atoms with Crippen LogP contribution in [0.1, 0.15) is 16.8 Å². The summed E-state index contributed by atoms with van der Waals surface area (Å²) < 4.78 is 5.98. The zero-order chi connectivity index (χ0) is 18.7. The first-order valence-electron chi connectivity index (χ1n) is 7.95. The second kappa shape index (κ2) is 8.01. The van der Waals surface area contributed by atoms with Crippen molar-refractivity contribution >= 4 is 50.9 Å². The molecular formula is C19H15BrClNO4. The molecule has 1 aliphatic heterocycles. The van der Waals surface area contributed by atoms with Crippen LogP contribution in [0.2, 0.25) is 5.02 Å². The van der Waals surface area contributed by atoms with Crippen molar-refractivity contribution < 1.29 is 19.1 Å². The fourth-order valence-electron chi connectivity index (χ4n) is 2.73. The number of esters is 1. The van der Waals surface area contributed by atoms with Crippen molar-refractivity contribution in [3.05, 3.63) is 63.6 Å². The molecule has 26 heavy (non-hydrogen) atoms. The molecule has 1 heterocycles. The summed E-state index contributed by atoms with van der Waals surface area (Å²) in [6.07, 6.45) is 0.0534. The smallest absolute Gasteiger partial charge is 0.311 e. The van der Waals surface area contributed by atoms with E-state index in [0.717, 1.165) is 4.47 Å². The number of anilines is 1. The highest BCUT2D eigenvalue weighted by Crippen LogP contribution is 2.27. The van der Waals surface area contributed by atoms with Gasteiger partial charge in [-0.25, -0.2) is 0 Å². The van der Waals surface area contributed by atoms with Crippen molar-refractivity contribution in [2.75, 3.05) is 18.1 Å². The SMILES string of the molecule is O=C(COC(=O)[C@H]1CC(=O)N(c2cccc(Cl)c2)C1)c1ccc(Br)cc1. The van der Waals surface area contributed by atoms with Gasteiger partial charge in [-0.05, 0) is 30.3 Å². The van der Waals surface area contributed by atoms with Gasteiger partial charge in [-0.2, -0.15) is 0 Å². The van der Waals surface area contributed by atoms with Gasteiger partial charge in [0.15, 0.2) is 12.4 Å². The molecule has 0 bridgehead atoms. The van der Waals surface area contributed by atoms with Crippen molar-refractivity contribution in [3.63, 3.8) is 0 Å². The third-order valence-electron chi connectivity index (χ3n) is 4.09. The Labute approximate surface area is 164 Å². The monoisotopic (exact) mass is 435 g/mol. The third-order valence-corrected chi connectivity index (χ3v) is 4.85. The molecule has 7 heteroatoms. The van der Waals surface area contributed by atoms with Crippen molar-refractivity contribution in [1.82, 2.24) is 0 Å². The van der Waals surface area contributed by atoms with Crippen LogP contribution in [0.25, 0.3) is 0 Å². The molecule has 1 fully saturated rings. The van der Waals surface area contributed by atoms with Crippen molar-refractivity contribution in [2.24, 2.45) is 5.92 Å². The zero-order valence-electron chi connectivity index (χ0n) is 13.7. The van der Waals surface area contributed by atoms with Gasteiger partial charge in [0.25, 0.3) is 0 Å². The summed E-state index contributed by atoms with van der Waals surface area (Å²) in [6.45, 7) is -0.132. The van der Waals surface area contributed by atoms with Gasteiger partial charge in [0, 0.05) is 33.7 Å². The quantitative estimate of drug-likeness (QED) is 0.527. The second-order valence-electron chi connectivity index (χ2n) is 5.92. The Morgan fingerprint density at radius 3 is 2.62 bits per heavy atom. The Morgan fingerprint density at radius 1 is 1.19 bits per heavy atom. The predicted octanol–water partition coefficient (Wildman–Crippen LogP) is 3.88. The Kier molecular flexibility index (Phi) is 5.74. The molecule has 0 saturated carbocycles. The molecule has 0 N–H and O–H groups in total. The van der Waals surface area contributed by atoms with Crippen LogP contribution in [0.3, 0.4) is 0 Å². The average Bonchev–Trinajstić information content (AvgIpc) is 3.02. The number of hydrogen-bond donors (Lipinski definition) is 0. The van der Waals surface area contributed by atoms with Gasteiger partial charge in [-0.15, -0.1) is 0 Å².